The molecule has 104 valence electrons. The lowest BCUT2D eigenvalue weighted by molar-refractivity contribution is -0.0982. The Balaban J connectivity index is 2.42. The van der Waals surface area contributed by atoms with Gasteiger partial charge in [-0.1, -0.05) is 6.08 Å². The summed E-state index contributed by atoms with van der Waals surface area (Å²) in [6, 6.07) is 1.52. The van der Waals surface area contributed by atoms with E-state index in [2.05, 4.69) is 11.6 Å². The predicted molar refractivity (Wildman–Crippen MR) is 64.3 cm³/mol. The highest BCUT2D eigenvalue weighted by atomic mass is 19.1. The minimum atomic E-state index is -1.87. The smallest absolute Gasteiger partial charge is 0.349 e. The predicted octanol–water partition coefficient (Wildman–Crippen LogP) is -0.303. The summed E-state index contributed by atoms with van der Waals surface area (Å²) in [5.41, 5.74) is -1.81. The molecule has 0 aromatic carbocycles. The summed E-state index contributed by atoms with van der Waals surface area (Å²) in [5, 5.41) is 19.1. The number of aliphatic hydroxyl groups excluding tert-OH is 2. The maximum atomic E-state index is 14.1. The molecule has 1 fully saturated rings. The molecule has 19 heavy (non-hydrogen) atoms. The molecule has 0 aliphatic carbocycles. The van der Waals surface area contributed by atoms with Crippen LogP contribution in [-0.4, -0.2) is 44.2 Å². The van der Waals surface area contributed by atoms with Crippen LogP contribution in [0.1, 0.15) is 11.9 Å². The highest BCUT2D eigenvalue weighted by Crippen LogP contribution is 2.38. The SMILES string of the molecule is C=C[C@]1(CO)O[C@@H](n2ccc(C)nc2=O)[C@H](F)[C@@H]1O. The van der Waals surface area contributed by atoms with Gasteiger partial charge in [0.1, 0.15) is 11.7 Å². The van der Waals surface area contributed by atoms with Crippen molar-refractivity contribution in [2.24, 2.45) is 0 Å². The van der Waals surface area contributed by atoms with Crippen LogP contribution in [0.2, 0.25) is 0 Å². The molecule has 4 atom stereocenters. The molecule has 7 heteroatoms. The second-order valence-electron chi connectivity index (χ2n) is 4.47. The van der Waals surface area contributed by atoms with E-state index in [4.69, 9.17) is 4.74 Å². The quantitative estimate of drug-likeness (QED) is 0.736. The Kier molecular flexibility index (Phi) is 3.53. The van der Waals surface area contributed by atoms with Crippen molar-refractivity contribution in [1.82, 2.24) is 9.55 Å². The normalized spacial score (nSPS) is 34.4. The van der Waals surface area contributed by atoms with Gasteiger partial charge in [-0.25, -0.2) is 9.18 Å². The minimum absolute atomic E-state index is 0.493. The van der Waals surface area contributed by atoms with Gasteiger partial charge in [0.05, 0.1) is 6.61 Å². The van der Waals surface area contributed by atoms with Crippen LogP contribution in [0.3, 0.4) is 0 Å². The molecular formula is C12H15FN2O4. The lowest BCUT2D eigenvalue weighted by Gasteiger charge is -2.25. The third-order valence-electron chi connectivity index (χ3n) is 3.25. The summed E-state index contributed by atoms with van der Waals surface area (Å²) in [4.78, 5) is 15.4. The molecule has 0 saturated carbocycles. The second-order valence-corrected chi connectivity index (χ2v) is 4.47. The Morgan fingerprint density at radius 1 is 1.74 bits per heavy atom. The maximum Gasteiger partial charge on any atom is 0.349 e. The first-order chi connectivity index (χ1) is 8.95. The van der Waals surface area contributed by atoms with Crippen molar-refractivity contribution < 1.29 is 19.3 Å². The Bertz CT molecular complexity index is 547. The van der Waals surface area contributed by atoms with Gasteiger partial charge in [0.2, 0.25) is 0 Å². The highest BCUT2D eigenvalue weighted by Gasteiger charge is 2.54. The van der Waals surface area contributed by atoms with Crippen LogP contribution in [0.25, 0.3) is 0 Å². The minimum Gasteiger partial charge on any atom is -0.393 e. The number of ether oxygens (including phenoxy) is 1. The van der Waals surface area contributed by atoms with Crippen LogP contribution in [-0.2, 0) is 4.74 Å². The average Bonchev–Trinajstić information content (AvgIpc) is 2.64. The molecule has 2 heterocycles. The van der Waals surface area contributed by atoms with Gasteiger partial charge >= 0.3 is 5.69 Å². The number of aromatic nitrogens is 2. The molecule has 2 N–H and O–H groups in total. The molecule has 1 saturated heterocycles. The number of hydrogen-bond donors (Lipinski definition) is 2. The van der Waals surface area contributed by atoms with Gasteiger partial charge in [-0.3, -0.25) is 4.57 Å². The van der Waals surface area contributed by atoms with E-state index in [1.807, 2.05) is 0 Å². The number of halogens is 1. The van der Waals surface area contributed by atoms with Gasteiger partial charge in [0, 0.05) is 11.9 Å². The molecule has 1 aliphatic rings. The lowest BCUT2D eigenvalue weighted by Crippen LogP contribution is -2.43. The van der Waals surface area contributed by atoms with E-state index in [9.17, 15) is 19.4 Å². The summed E-state index contributed by atoms with van der Waals surface area (Å²) < 4.78 is 20.4. The monoisotopic (exact) mass is 270 g/mol. The van der Waals surface area contributed by atoms with Crippen LogP contribution in [0, 0.1) is 6.92 Å². The third kappa shape index (κ3) is 2.09. The van der Waals surface area contributed by atoms with Crippen molar-refractivity contribution in [3.63, 3.8) is 0 Å². The van der Waals surface area contributed by atoms with E-state index in [0.717, 1.165) is 10.6 Å². The fourth-order valence-corrected chi connectivity index (χ4v) is 2.05. The Morgan fingerprint density at radius 2 is 2.42 bits per heavy atom. The van der Waals surface area contributed by atoms with Crippen molar-refractivity contribution in [3.05, 3.63) is 41.1 Å². The van der Waals surface area contributed by atoms with E-state index < -0.39 is 36.4 Å². The molecule has 1 aromatic rings. The number of aryl methyl sites for hydroxylation is 1. The highest BCUT2D eigenvalue weighted by molar-refractivity contribution is 5.11. The largest absolute Gasteiger partial charge is 0.393 e. The zero-order chi connectivity index (χ0) is 14.2. The van der Waals surface area contributed by atoms with Gasteiger partial charge in [0.15, 0.2) is 12.4 Å². The van der Waals surface area contributed by atoms with E-state index in [1.165, 1.54) is 12.3 Å². The lowest BCUT2D eigenvalue weighted by atomic mass is 9.97. The summed E-state index contributed by atoms with van der Waals surface area (Å²) in [7, 11) is 0. The Labute approximate surface area is 108 Å². The molecule has 2 rings (SSSR count). The van der Waals surface area contributed by atoms with Gasteiger partial charge in [-0.2, -0.15) is 4.98 Å². The van der Waals surface area contributed by atoms with Gasteiger partial charge < -0.3 is 14.9 Å². The zero-order valence-corrected chi connectivity index (χ0v) is 10.4. The van der Waals surface area contributed by atoms with Crippen LogP contribution in [0.5, 0.6) is 0 Å². The zero-order valence-electron chi connectivity index (χ0n) is 10.4. The van der Waals surface area contributed by atoms with Crippen LogP contribution < -0.4 is 5.69 Å². The number of hydrogen-bond acceptors (Lipinski definition) is 5. The van der Waals surface area contributed by atoms with Crippen molar-refractivity contribution in [2.45, 2.75) is 31.0 Å². The number of rotatable bonds is 3. The topological polar surface area (TPSA) is 84.6 Å². The van der Waals surface area contributed by atoms with Crippen LogP contribution >= 0.6 is 0 Å². The fraction of sp³-hybridized carbons (Fsp3) is 0.500. The molecule has 0 unspecified atom stereocenters. The second kappa shape index (κ2) is 4.84. The fourth-order valence-electron chi connectivity index (χ4n) is 2.05. The summed E-state index contributed by atoms with van der Waals surface area (Å²) >= 11 is 0. The van der Waals surface area contributed by atoms with E-state index in [0.29, 0.717) is 5.69 Å². The van der Waals surface area contributed by atoms with E-state index in [-0.39, 0.29) is 0 Å². The standard InChI is InChI=1S/C12H15FN2O4/c1-3-12(6-16)9(17)8(13)10(19-12)15-5-4-7(2)14-11(15)18/h3-5,8-10,16-17H,1,6H2,2H3/t8-,9+,10-,12-/m1/s1. The number of aliphatic hydroxyl groups is 2. The summed E-state index contributed by atoms with van der Waals surface area (Å²) in [5.74, 6) is 0. The van der Waals surface area contributed by atoms with Crippen molar-refractivity contribution in [3.8, 4) is 0 Å². The molecular weight excluding hydrogens is 255 g/mol. The molecule has 0 amide bonds. The Hall–Kier alpha value is -1.57. The summed E-state index contributed by atoms with van der Waals surface area (Å²) in [6.45, 7) is 4.41. The molecule has 1 aliphatic heterocycles. The van der Waals surface area contributed by atoms with Gasteiger partial charge in [-0.15, -0.1) is 6.58 Å². The van der Waals surface area contributed by atoms with E-state index in [1.54, 1.807) is 6.92 Å². The van der Waals surface area contributed by atoms with E-state index >= 15 is 0 Å². The maximum absolute atomic E-state index is 14.1. The first-order valence-corrected chi connectivity index (χ1v) is 5.75. The van der Waals surface area contributed by atoms with Gasteiger partial charge in [0.25, 0.3) is 0 Å². The average molecular weight is 270 g/mol. The van der Waals surface area contributed by atoms with Crippen molar-refractivity contribution in [2.75, 3.05) is 6.61 Å². The van der Waals surface area contributed by atoms with Crippen LogP contribution in [0.4, 0.5) is 4.39 Å². The first-order valence-electron chi connectivity index (χ1n) is 5.75. The molecule has 0 spiro atoms. The third-order valence-corrected chi connectivity index (χ3v) is 3.25. The molecule has 0 bridgehead atoms. The first kappa shape index (κ1) is 13.9. The summed E-state index contributed by atoms with van der Waals surface area (Å²) in [6.07, 6.45) is -2.34. The van der Waals surface area contributed by atoms with Crippen molar-refractivity contribution >= 4 is 0 Å². The molecule has 6 nitrogen and oxygen atoms in total. The Morgan fingerprint density at radius 3 is 2.89 bits per heavy atom. The molecule has 0 radical (unpaired) electrons. The van der Waals surface area contributed by atoms with Crippen molar-refractivity contribution in [1.29, 1.82) is 0 Å². The number of nitrogens with zero attached hydrogens (tertiary/aromatic N) is 2. The molecule has 1 aromatic heterocycles. The van der Waals surface area contributed by atoms with Crippen LogP contribution in [0.15, 0.2) is 29.7 Å². The van der Waals surface area contributed by atoms with Gasteiger partial charge in [-0.05, 0) is 13.0 Å². The number of alkyl halides is 1.